The zero-order valence-corrected chi connectivity index (χ0v) is 23.6. The number of hydrogen-bond acceptors (Lipinski definition) is 11. The zero-order valence-electron chi connectivity index (χ0n) is 21.9. The summed E-state index contributed by atoms with van der Waals surface area (Å²) in [4.78, 5) is 23.4. The first-order valence-electron chi connectivity index (χ1n) is 12.0. The Morgan fingerprint density at radius 1 is 1.27 bits per heavy atom. The van der Waals surface area contributed by atoms with Gasteiger partial charge in [0.1, 0.15) is 12.1 Å². The first-order valence-corrected chi connectivity index (χ1v) is 14.4. The number of aliphatic hydroxyl groups excluding tert-OH is 1. The maximum absolute atomic E-state index is 13.3. The number of thiophene rings is 1. The van der Waals surface area contributed by atoms with Crippen molar-refractivity contribution in [1.82, 2.24) is 19.7 Å². The van der Waals surface area contributed by atoms with Gasteiger partial charge in [-0.3, -0.25) is 22.8 Å². The Labute approximate surface area is 223 Å². The maximum atomic E-state index is 13.3. The number of carbonyl (C=O) groups excluding carboxylic acids is 1. The largest absolute Gasteiger partial charge is 0.400 e. The fourth-order valence-corrected chi connectivity index (χ4v) is 5.39. The summed E-state index contributed by atoms with van der Waals surface area (Å²) < 4.78 is 25.2. The van der Waals surface area contributed by atoms with Gasteiger partial charge in [-0.2, -0.15) is 5.10 Å². The van der Waals surface area contributed by atoms with E-state index in [1.54, 1.807) is 6.20 Å². The van der Waals surface area contributed by atoms with Crippen molar-refractivity contribution in [2.24, 2.45) is 11.1 Å². The molecule has 3 heterocycles. The second-order valence-corrected chi connectivity index (χ2v) is 10.9. The van der Waals surface area contributed by atoms with Gasteiger partial charge in [0.25, 0.3) is 0 Å². The van der Waals surface area contributed by atoms with Crippen molar-refractivity contribution < 1.29 is 23.2 Å². The molecule has 0 spiro atoms. The molecule has 11 nitrogen and oxygen atoms in total. The van der Waals surface area contributed by atoms with Crippen LogP contribution in [0.25, 0.3) is 0 Å². The molecule has 6 N–H and O–H groups in total. The topological polar surface area (TPSA) is 169 Å². The molecule has 4 rings (SSSR count). The summed E-state index contributed by atoms with van der Waals surface area (Å²) in [6, 6.07) is 2.01. The number of nitrogens with zero attached hydrogens (tertiary/aromatic N) is 4. The summed E-state index contributed by atoms with van der Waals surface area (Å²) in [5, 5.41) is 19.8. The normalized spacial score (nSPS) is 17.3. The molecule has 0 saturated heterocycles. The Kier molecular flexibility index (Phi) is 12.1. The van der Waals surface area contributed by atoms with E-state index in [1.165, 1.54) is 17.7 Å². The standard InChI is InChI=1S/C21H28N6O4S2.C2H6.CH4O/c1-13-7-25-27(9-13)10-16-6-19(32-14(16)2)20(28)18-8-23-12-24-21(18)26-17-4-3-15(5-17)11-31-33(22,29)30;2*1-2/h6-9,12,15,17,29-30H,3-5,10-11,22H2,1-2H3,(H,23,24,26);1-2H3;2H,1H3. The average molecular weight is 555 g/mol. The summed E-state index contributed by atoms with van der Waals surface area (Å²) >= 11 is -1.99. The lowest BCUT2D eigenvalue weighted by atomic mass is 10.1. The molecule has 1 saturated carbocycles. The minimum atomic E-state index is -3.45. The highest BCUT2D eigenvalue weighted by Gasteiger charge is 2.28. The number of rotatable bonds is 9. The van der Waals surface area contributed by atoms with E-state index in [9.17, 15) is 13.9 Å². The Balaban J connectivity index is 0.00000115. The van der Waals surface area contributed by atoms with Crippen molar-refractivity contribution in [3.05, 3.63) is 57.4 Å². The van der Waals surface area contributed by atoms with E-state index in [-0.39, 0.29) is 24.3 Å². The van der Waals surface area contributed by atoms with Crippen LogP contribution in [0.5, 0.6) is 0 Å². The fourth-order valence-electron chi connectivity index (χ4n) is 4.01. The van der Waals surface area contributed by atoms with Crippen molar-refractivity contribution >= 4 is 34.0 Å². The minimum Gasteiger partial charge on any atom is -0.400 e. The van der Waals surface area contributed by atoms with Gasteiger partial charge in [-0.05, 0) is 56.2 Å². The van der Waals surface area contributed by atoms with E-state index < -0.39 is 11.1 Å². The highest BCUT2D eigenvalue weighted by molar-refractivity contribution is 8.18. The van der Waals surface area contributed by atoms with Crippen LogP contribution in [0.1, 0.15) is 64.3 Å². The monoisotopic (exact) mass is 554 g/mol. The van der Waals surface area contributed by atoms with Gasteiger partial charge in [0.2, 0.25) is 5.78 Å². The molecule has 206 valence electrons. The molecule has 0 amide bonds. The van der Waals surface area contributed by atoms with Crippen molar-refractivity contribution in [2.45, 2.75) is 59.5 Å². The van der Waals surface area contributed by atoms with E-state index >= 15 is 0 Å². The minimum absolute atomic E-state index is 0.0864. The first kappa shape index (κ1) is 30.8. The lowest BCUT2D eigenvalue weighted by Gasteiger charge is -2.22. The second kappa shape index (κ2) is 14.5. The van der Waals surface area contributed by atoms with Gasteiger partial charge in [0.15, 0.2) is 11.1 Å². The quantitative estimate of drug-likeness (QED) is 0.239. The molecule has 13 heteroatoms. The zero-order chi connectivity index (χ0) is 27.6. The smallest absolute Gasteiger partial charge is 0.208 e. The van der Waals surface area contributed by atoms with Gasteiger partial charge in [-0.25, -0.2) is 15.1 Å². The van der Waals surface area contributed by atoms with Crippen LogP contribution in [0.2, 0.25) is 0 Å². The number of aryl methyl sites for hydroxylation is 2. The van der Waals surface area contributed by atoms with E-state index in [0.29, 0.717) is 22.8 Å². The number of hydrogen-bond donors (Lipinski definition) is 5. The van der Waals surface area contributed by atoms with Crippen LogP contribution >= 0.6 is 22.4 Å². The summed E-state index contributed by atoms with van der Waals surface area (Å²) in [7, 11) is 1.00. The molecular weight excluding hydrogens is 516 g/mol. The van der Waals surface area contributed by atoms with Gasteiger partial charge >= 0.3 is 0 Å². The number of anilines is 1. The third-order valence-corrected chi connectivity index (χ3v) is 7.23. The van der Waals surface area contributed by atoms with Gasteiger partial charge in [0.05, 0.1) is 29.8 Å². The van der Waals surface area contributed by atoms with Crippen molar-refractivity contribution in [1.29, 1.82) is 0 Å². The first-order chi connectivity index (χ1) is 17.7. The Hall–Kier alpha value is -2.39. The van der Waals surface area contributed by atoms with Crippen LogP contribution < -0.4 is 10.5 Å². The summed E-state index contributed by atoms with van der Waals surface area (Å²) in [5.74, 6) is 0.524. The number of aromatic nitrogens is 4. The number of aliphatic hydroxyl groups is 1. The molecule has 0 aliphatic heterocycles. The average Bonchev–Trinajstić information content (AvgIpc) is 3.61. The van der Waals surface area contributed by atoms with Crippen LogP contribution in [0.4, 0.5) is 5.82 Å². The Bertz CT molecular complexity index is 1130. The third kappa shape index (κ3) is 9.14. The summed E-state index contributed by atoms with van der Waals surface area (Å²) in [5.41, 5.74) is 2.58. The highest BCUT2D eigenvalue weighted by Crippen LogP contribution is 2.35. The molecule has 0 bridgehead atoms. The van der Waals surface area contributed by atoms with Gasteiger partial charge in [0, 0.05) is 30.4 Å². The number of ketones is 1. The van der Waals surface area contributed by atoms with Crippen LogP contribution in [0.3, 0.4) is 0 Å². The molecule has 0 aromatic carbocycles. The van der Waals surface area contributed by atoms with E-state index in [1.807, 2.05) is 50.8 Å². The molecule has 2 unspecified atom stereocenters. The predicted molar refractivity (Wildman–Crippen MR) is 148 cm³/mol. The molecule has 3 aromatic heterocycles. The van der Waals surface area contributed by atoms with Crippen LogP contribution in [0, 0.1) is 19.8 Å². The summed E-state index contributed by atoms with van der Waals surface area (Å²) in [6.07, 6.45) is 9.20. The highest BCUT2D eigenvalue weighted by atomic mass is 32.3. The van der Waals surface area contributed by atoms with Crippen molar-refractivity contribution in [3.63, 3.8) is 0 Å². The fraction of sp³-hybridized carbons (Fsp3) is 0.500. The Morgan fingerprint density at radius 2 is 2.00 bits per heavy atom. The molecule has 1 fully saturated rings. The molecule has 37 heavy (non-hydrogen) atoms. The van der Waals surface area contributed by atoms with E-state index in [0.717, 1.165) is 42.4 Å². The molecule has 0 radical (unpaired) electrons. The molecule has 1 aliphatic rings. The van der Waals surface area contributed by atoms with E-state index in [4.69, 9.17) is 14.4 Å². The molecule has 1 aliphatic carbocycles. The number of carbonyl (C=O) groups is 1. The third-order valence-electron chi connectivity index (χ3n) is 5.66. The molecular formula is C24H38N6O5S2. The molecule has 3 aromatic rings. The van der Waals surface area contributed by atoms with Crippen molar-refractivity contribution in [3.8, 4) is 0 Å². The van der Waals surface area contributed by atoms with E-state index in [2.05, 4.69) is 20.4 Å². The van der Waals surface area contributed by atoms with Crippen LogP contribution in [-0.4, -0.2) is 59.5 Å². The predicted octanol–water partition coefficient (Wildman–Crippen LogP) is 4.40. The number of nitrogens with two attached hydrogens (primary N) is 1. The molecule has 2 atom stereocenters. The summed E-state index contributed by atoms with van der Waals surface area (Å²) in [6.45, 7) is 8.79. The van der Waals surface area contributed by atoms with Gasteiger partial charge in [-0.15, -0.1) is 11.3 Å². The SMILES string of the molecule is CC.CO.Cc1cnn(Cc2cc(C(=O)c3cncnc3NC3CCC(COS(N)(O)O)C3)sc2C)c1. The van der Waals surface area contributed by atoms with Crippen LogP contribution in [-0.2, 0) is 10.7 Å². The van der Waals surface area contributed by atoms with Gasteiger partial charge < -0.3 is 10.4 Å². The number of nitrogens with one attached hydrogen (secondary N) is 1. The maximum Gasteiger partial charge on any atom is 0.208 e. The lowest BCUT2D eigenvalue weighted by Crippen LogP contribution is -2.21. The second-order valence-electron chi connectivity index (χ2n) is 8.36. The Morgan fingerprint density at radius 3 is 2.65 bits per heavy atom. The van der Waals surface area contributed by atoms with Crippen LogP contribution in [0.15, 0.2) is 31.0 Å². The van der Waals surface area contributed by atoms with Crippen molar-refractivity contribution in [2.75, 3.05) is 19.0 Å². The van der Waals surface area contributed by atoms with Gasteiger partial charge in [-0.1, -0.05) is 13.8 Å². The lowest BCUT2D eigenvalue weighted by molar-refractivity contribution is 0.104.